The molecule has 28 heavy (non-hydrogen) atoms. The van der Waals surface area contributed by atoms with Gasteiger partial charge in [0.2, 0.25) is 0 Å². The monoisotopic (exact) mass is 389 g/mol. The van der Waals surface area contributed by atoms with E-state index in [-0.39, 0.29) is 18.3 Å². The Morgan fingerprint density at radius 1 is 1.04 bits per heavy atom. The molecule has 6 nitrogen and oxygen atoms in total. The number of benzene rings is 2. The molecule has 1 amide bonds. The van der Waals surface area contributed by atoms with E-state index >= 15 is 0 Å². The fourth-order valence-electron chi connectivity index (χ4n) is 3.37. The van der Waals surface area contributed by atoms with Crippen LogP contribution in [0.3, 0.4) is 0 Å². The molecule has 0 atom stereocenters. The van der Waals surface area contributed by atoms with Gasteiger partial charge in [0.05, 0.1) is 46.0 Å². The number of hydrogen-bond donors (Lipinski definition) is 1. The van der Waals surface area contributed by atoms with Crippen molar-refractivity contribution in [2.75, 3.05) is 47.0 Å². The summed E-state index contributed by atoms with van der Waals surface area (Å²) >= 11 is 0. The number of nitrogens with zero attached hydrogens (tertiary/aromatic N) is 1. The maximum atomic E-state index is 13.5. The minimum Gasteiger partial charge on any atom is -0.496 e. The van der Waals surface area contributed by atoms with E-state index in [0.29, 0.717) is 36.9 Å². The molecule has 0 aromatic heterocycles. The highest BCUT2D eigenvalue weighted by atomic mass is 19.1. The summed E-state index contributed by atoms with van der Waals surface area (Å²) in [5.41, 5.74) is 0.844. The first-order chi connectivity index (χ1) is 13.6. The molecule has 1 aliphatic heterocycles. The van der Waals surface area contributed by atoms with Crippen LogP contribution in [-0.2, 0) is 11.3 Å². The summed E-state index contributed by atoms with van der Waals surface area (Å²) < 4.78 is 29.7. The van der Waals surface area contributed by atoms with Crippen LogP contribution in [0, 0.1) is 5.82 Å². The fraction of sp³-hybridized carbons (Fsp3) is 0.381. The van der Waals surface area contributed by atoms with Gasteiger partial charge in [-0.1, -0.05) is 12.1 Å². The summed E-state index contributed by atoms with van der Waals surface area (Å²) in [5, 5.41) is 0. The topological polar surface area (TPSA) is 52.4 Å². The van der Waals surface area contributed by atoms with Crippen LogP contribution in [0.1, 0.15) is 5.56 Å². The van der Waals surface area contributed by atoms with Crippen molar-refractivity contribution < 1.29 is 28.3 Å². The Balaban J connectivity index is 1.50. The lowest BCUT2D eigenvalue weighted by atomic mass is 10.1. The minimum absolute atomic E-state index is 0.0204. The van der Waals surface area contributed by atoms with Crippen molar-refractivity contribution in [1.82, 2.24) is 4.90 Å². The highest BCUT2D eigenvalue weighted by Crippen LogP contribution is 2.25. The number of carbonyl (C=O) groups excluding carboxylic acids is 1. The minimum atomic E-state index is -0.266. The number of quaternary nitrogens is 1. The SMILES string of the molecule is COc1ccc(F)cc1C[NH+]1CCN(C(=O)COc2ccccc2OC)CC1. The maximum Gasteiger partial charge on any atom is 0.260 e. The first-order valence-corrected chi connectivity index (χ1v) is 9.30. The van der Waals surface area contributed by atoms with Crippen molar-refractivity contribution in [3.8, 4) is 17.2 Å². The van der Waals surface area contributed by atoms with Gasteiger partial charge in [0.25, 0.3) is 5.91 Å². The number of hydrogen-bond acceptors (Lipinski definition) is 4. The average molecular weight is 389 g/mol. The first-order valence-electron chi connectivity index (χ1n) is 9.30. The summed E-state index contributed by atoms with van der Waals surface area (Å²) in [6.07, 6.45) is 0. The van der Waals surface area contributed by atoms with E-state index in [4.69, 9.17) is 14.2 Å². The number of piperazine rings is 1. The molecule has 3 rings (SSSR count). The normalized spacial score (nSPS) is 14.6. The third kappa shape index (κ3) is 4.92. The molecule has 0 spiro atoms. The Morgan fingerprint density at radius 2 is 1.71 bits per heavy atom. The number of methoxy groups -OCH3 is 2. The molecule has 1 N–H and O–H groups in total. The van der Waals surface area contributed by atoms with Crippen LogP contribution in [0.25, 0.3) is 0 Å². The van der Waals surface area contributed by atoms with Crippen LogP contribution in [0.2, 0.25) is 0 Å². The van der Waals surface area contributed by atoms with Gasteiger partial charge in [-0.25, -0.2) is 4.39 Å². The molecule has 0 unspecified atom stereocenters. The van der Waals surface area contributed by atoms with Gasteiger partial charge in [0, 0.05) is 0 Å². The second-order valence-electron chi connectivity index (χ2n) is 6.70. The summed E-state index contributed by atoms with van der Waals surface area (Å²) in [7, 11) is 3.16. The molecule has 0 aliphatic carbocycles. The molecule has 0 bridgehead atoms. The van der Waals surface area contributed by atoms with E-state index in [1.54, 1.807) is 32.4 Å². The van der Waals surface area contributed by atoms with Crippen LogP contribution in [0.15, 0.2) is 42.5 Å². The zero-order valence-corrected chi connectivity index (χ0v) is 16.2. The molecule has 150 valence electrons. The van der Waals surface area contributed by atoms with Gasteiger partial charge in [-0.2, -0.15) is 0 Å². The van der Waals surface area contributed by atoms with Crippen molar-refractivity contribution in [3.63, 3.8) is 0 Å². The van der Waals surface area contributed by atoms with Gasteiger partial charge in [0.1, 0.15) is 18.1 Å². The number of para-hydroxylation sites is 2. The van der Waals surface area contributed by atoms with Crippen molar-refractivity contribution >= 4 is 5.91 Å². The molecule has 0 saturated carbocycles. The van der Waals surface area contributed by atoms with E-state index in [1.807, 2.05) is 17.0 Å². The molecule has 1 saturated heterocycles. The number of halogens is 1. The molecule has 2 aromatic rings. The van der Waals surface area contributed by atoms with Crippen LogP contribution in [-0.4, -0.2) is 57.8 Å². The molecule has 7 heteroatoms. The number of ether oxygens (including phenoxy) is 3. The molecule has 1 aliphatic rings. The second-order valence-corrected chi connectivity index (χ2v) is 6.70. The Morgan fingerprint density at radius 3 is 2.39 bits per heavy atom. The molecular weight excluding hydrogens is 363 g/mol. The number of nitrogens with one attached hydrogen (secondary N) is 1. The Bertz CT molecular complexity index is 807. The number of rotatable bonds is 7. The quantitative estimate of drug-likeness (QED) is 0.772. The van der Waals surface area contributed by atoms with Gasteiger partial charge in [-0.15, -0.1) is 0 Å². The van der Waals surface area contributed by atoms with Crippen molar-refractivity contribution in [1.29, 1.82) is 0 Å². The highest BCUT2D eigenvalue weighted by Gasteiger charge is 2.25. The van der Waals surface area contributed by atoms with Gasteiger partial charge < -0.3 is 24.0 Å². The average Bonchev–Trinajstić information content (AvgIpc) is 2.73. The van der Waals surface area contributed by atoms with Crippen molar-refractivity contribution in [3.05, 3.63) is 53.8 Å². The van der Waals surface area contributed by atoms with Crippen molar-refractivity contribution in [2.24, 2.45) is 0 Å². The summed E-state index contributed by atoms with van der Waals surface area (Å²) in [6.45, 7) is 3.51. The summed E-state index contributed by atoms with van der Waals surface area (Å²) in [6, 6.07) is 11.8. The summed E-state index contributed by atoms with van der Waals surface area (Å²) in [5.74, 6) is 1.54. The smallest absolute Gasteiger partial charge is 0.260 e. The van der Waals surface area contributed by atoms with Gasteiger partial charge >= 0.3 is 0 Å². The molecule has 1 fully saturated rings. The van der Waals surface area contributed by atoms with Gasteiger partial charge in [-0.05, 0) is 30.3 Å². The second kappa shape index (κ2) is 9.41. The molecule has 2 aromatic carbocycles. The Kier molecular flexibility index (Phi) is 6.71. The van der Waals surface area contributed by atoms with Gasteiger partial charge in [0.15, 0.2) is 18.1 Å². The Labute approximate surface area is 164 Å². The van der Waals surface area contributed by atoms with E-state index in [1.165, 1.54) is 17.0 Å². The van der Waals surface area contributed by atoms with E-state index in [9.17, 15) is 9.18 Å². The third-order valence-electron chi connectivity index (χ3n) is 4.93. The molecular formula is C21H26FN2O4+. The lowest BCUT2D eigenvalue weighted by molar-refractivity contribution is -0.917. The predicted octanol–water partition coefficient (Wildman–Crippen LogP) is 1.15. The van der Waals surface area contributed by atoms with Crippen LogP contribution < -0.4 is 19.1 Å². The number of carbonyl (C=O) groups is 1. The van der Waals surface area contributed by atoms with E-state index in [2.05, 4.69) is 0 Å². The standard InChI is InChI=1S/C21H25FN2O4/c1-26-18-8-7-17(22)13-16(18)14-23-9-11-24(12-10-23)21(25)15-28-20-6-4-3-5-19(20)27-2/h3-8,13H,9-12,14-15H2,1-2H3/p+1. The highest BCUT2D eigenvalue weighted by molar-refractivity contribution is 5.77. The van der Waals surface area contributed by atoms with Crippen LogP contribution in [0.4, 0.5) is 4.39 Å². The first kappa shape index (κ1) is 19.9. The Hall–Kier alpha value is -2.80. The lowest BCUT2D eigenvalue weighted by Gasteiger charge is -2.32. The van der Waals surface area contributed by atoms with Gasteiger partial charge in [-0.3, -0.25) is 4.79 Å². The summed E-state index contributed by atoms with van der Waals surface area (Å²) in [4.78, 5) is 15.6. The zero-order valence-electron chi connectivity index (χ0n) is 16.2. The lowest BCUT2D eigenvalue weighted by Crippen LogP contribution is -3.13. The zero-order chi connectivity index (χ0) is 19.9. The van der Waals surface area contributed by atoms with E-state index < -0.39 is 0 Å². The fourth-order valence-corrected chi connectivity index (χ4v) is 3.37. The maximum absolute atomic E-state index is 13.5. The van der Waals surface area contributed by atoms with Crippen LogP contribution >= 0.6 is 0 Å². The van der Waals surface area contributed by atoms with E-state index in [0.717, 1.165) is 18.7 Å². The molecule has 1 heterocycles. The molecule has 0 radical (unpaired) electrons. The van der Waals surface area contributed by atoms with Crippen LogP contribution in [0.5, 0.6) is 17.2 Å². The number of amides is 1. The van der Waals surface area contributed by atoms with Crippen molar-refractivity contribution in [2.45, 2.75) is 6.54 Å². The largest absolute Gasteiger partial charge is 0.496 e. The predicted molar refractivity (Wildman–Crippen MR) is 102 cm³/mol. The third-order valence-corrected chi connectivity index (χ3v) is 4.93.